The first-order valence-corrected chi connectivity index (χ1v) is 8.41. The van der Waals surface area contributed by atoms with Crippen LogP contribution in [0.15, 0.2) is 47.5 Å². The minimum atomic E-state index is -0.383. The molecule has 0 aliphatic heterocycles. The van der Waals surface area contributed by atoms with Gasteiger partial charge < -0.3 is 31.3 Å². The van der Waals surface area contributed by atoms with Crippen LogP contribution in [-0.2, 0) is 0 Å². The van der Waals surface area contributed by atoms with Gasteiger partial charge in [-0.15, -0.1) is 0 Å². The predicted molar refractivity (Wildman–Crippen MR) is 103 cm³/mol. The van der Waals surface area contributed by atoms with Crippen molar-refractivity contribution in [3.63, 3.8) is 0 Å². The summed E-state index contributed by atoms with van der Waals surface area (Å²) in [5, 5.41) is 39.4. The first-order valence-electron chi connectivity index (χ1n) is 7.42. The summed E-state index contributed by atoms with van der Waals surface area (Å²) in [6.45, 7) is 0. The van der Waals surface area contributed by atoms with Gasteiger partial charge >= 0.3 is 0 Å². The van der Waals surface area contributed by atoms with Crippen LogP contribution in [0.3, 0.4) is 0 Å². The molecule has 0 radical (unpaired) electrons. The summed E-state index contributed by atoms with van der Waals surface area (Å²) in [5.41, 5.74) is 6.08. The number of thioether (sulfide) groups is 1. The third kappa shape index (κ3) is 5.57. The molecule has 0 amide bonds. The predicted octanol–water partition coefficient (Wildman–Crippen LogP) is 2.64. The van der Waals surface area contributed by atoms with Crippen LogP contribution in [0, 0.1) is 10.4 Å². The zero-order chi connectivity index (χ0) is 20.0. The Bertz CT molecular complexity index is 843. The van der Waals surface area contributed by atoms with Crippen molar-refractivity contribution in [3.05, 3.63) is 58.4 Å². The number of rotatable bonds is 7. The highest BCUT2D eigenvalue weighted by molar-refractivity contribution is 8.14. The smallest absolute Gasteiger partial charge is 0.173 e. The molecule has 0 aliphatic rings. The Labute approximate surface area is 158 Å². The largest absolute Gasteiger partial charge is 0.733 e. The van der Waals surface area contributed by atoms with Gasteiger partial charge in [0.2, 0.25) is 0 Å². The molecule has 0 atom stereocenters. The highest BCUT2D eigenvalue weighted by Gasteiger charge is 2.12. The zero-order valence-corrected chi connectivity index (χ0v) is 14.9. The van der Waals surface area contributed by atoms with Gasteiger partial charge in [0, 0.05) is 5.56 Å². The first kappa shape index (κ1) is 20.5. The Kier molecular flexibility index (Phi) is 6.98. The van der Waals surface area contributed by atoms with Crippen LogP contribution in [0.4, 0.5) is 17.1 Å². The van der Waals surface area contributed by atoms with Crippen molar-refractivity contribution in [3.8, 4) is 5.75 Å². The Morgan fingerprint density at radius 2 is 1.96 bits per heavy atom. The van der Waals surface area contributed by atoms with E-state index < -0.39 is 0 Å². The zero-order valence-electron chi connectivity index (χ0n) is 14.1. The second kappa shape index (κ2) is 9.21. The summed E-state index contributed by atoms with van der Waals surface area (Å²) in [6.07, 6.45) is 0. The number of carbonyl (C=O) groups is 1. The van der Waals surface area contributed by atoms with Gasteiger partial charge in [0.25, 0.3) is 0 Å². The van der Waals surface area contributed by atoms with Gasteiger partial charge in [0.05, 0.1) is 29.9 Å². The van der Waals surface area contributed by atoms with Crippen LogP contribution < -0.4 is 20.9 Å². The third-order valence-electron chi connectivity index (χ3n) is 3.35. The fourth-order valence-electron chi connectivity index (χ4n) is 2.08. The second-order valence-corrected chi connectivity index (χ2v) is 6.11. The highest BCUT2D eigenvalue weighted by Crippen LogP contribution is 2.28. The van der Waals surface area contributed by atoms with Gasteiger partial charge in [-0.2, -0.15) is 0 Å². The topological polar surface area (TPSA) is 158 Å². The Balaban J connectivity index is 2.06. The van der Waals surface area contributed by atoms with Crippen LogP contribution in [0.25, 0.3) is 0 Å². The maximum atomic E-state index is 12.3. The fourth-order valence-corrected chi connectivity index (χ4v) is 2.69. The number of benzene rings is 2. The van der Waals surface area contributed by atoms with Crippen molar-refractivity contribution in [2.75, 3.05) is 23.3 Å². The van der Waals surface area contributed by atoms with Gasteiger partial charge in [-0.05, 0) is 36.4 Å². The molecular formula is C16H16N4O6S-2. The summed E-state index contributed by atoms with van der Waals surface area (Å²) in [6, 6.07) is 9.84. The summed E-state index contributed by atoms with van der Waals surface area (Å²) in [7, 11) is 1.33. The minimum Gasteiger partial charge on any atom is -0.733 e. The van der Waals surface area contributed by atoms with E-state index in [2.05, 4.69) is 4.99 Å². The average molecular weight is 392 g/mol. The van der Waals surface area contributed by atoms with E-state index in [1.807, 2.05) is 0 Å². The van der Waals surface area contributed by atoms with Crippen LogP contribution in [-0.4, -0.2) is 34.2 Å². The molecule has 2 aromatic carbocycles. The van der Waals surface area contributed by atoms with Crippen LogP contribution in [0.5, 0.6) is 5.75 Å². The molecule has 2 rings (SSSR count). The molecule has 27 heavy (non-hydrogen) atoms. The number of ether oxygens (including phenoxy) is 1. The summed E-state index contributed by atoms with van der Waals surface area (Å²) < 4.78 is 4.93. The maximum absolute atomic E-state index is 12.3. The number of nitrogens with two attached hydrogens (primary N) is 1. The number of aliphatic imine (C=N–C) groups is 1. The lowest BCUT2D eigenvalue weighted by Crippen LogP contribution is -2.13. The number of amidine groups is 1. The van der Waals surface area contributed by atoms with Crippen molar-refractivity contribution in [2.45, 2.75) is 0 Å². The Morgan fingerprint density at radius 1 is 1.22 bits per heavy atom. The monoisotopic (exact) mass is 392 g/mol. The molecule has 0 saturated carbocycles. The van der Waals surface area contributed by atoms with Crippen molar-refractivity contribution in [1.82, 2.24) is 0 Å². The Morgan fingerprint density at radius 3 is 2.59 bits per heavy atom. The molecule has 10 nitrogen and oxygen atoms in total. The van der Waals surface area contributed by atoms with Crippen LogP contribution >= 0.6 is 11.8 Å². The maximum Gasteiger partial charge on any atom is 0.173 e. The molecule has 0 spiro atoms. The molecule has 11 heteroatoms. The minimum absolute atomic E-state index is 0.0120. The van der Waals surface area contributed by atoms with Crippen LogP contribution in [0.2, 0.25) is 0 Å². The third-order valence-corrected chi connectivity index (χ3v) is 4.14. The number of nitrogens with zero attached hydrogens (tertiary/aromatic N) is 3. The lowest BCUT2D eigenvalue weighted by molar-refractivity contribution is 0.102. The lowest BCUT2D eigenvalue weighted by Gasteiger charge is -2.24. The second-order valence-electron chi connectivity index (χ2n) is 5.11. The molecule has 2 aromatic rings. The van der Waals surface area contributed by atoms with Gasteiger partial charge in [-0.1, -0.05) is 17.8 Å². The average Bonchev–Trinajstić information content (AvgIpc) is 2.65. The quantitative estimate of drug-likeness (QED) is 0.277. The molecule has 0 aromatic heterocycles. The van der Waals surface area contributed by atoms with Crippen molar-refractivity contribution >= 4 is 39.8 Å². The van der Waals surface area contributed by atoms with E-state index in [4.69, 9.17) is 20.9 Å². The number of Topliss-reactive ketones (excluding diaryl/α,β-unsaturated/α-hetero) is 1. The van der Waals surface area contributed by atoms with E-state index in [9.17, 15) is 15.2 Å². The number of methoxy groups -OCH3 is 1. The standard InChI is InChI=1S/C16H16N4O6S/c1-26-15-6-5-10(7-13(15)20(24)25)14(21)9-27-16(17)18-11-3-2-4-12(8-11)19(22)23/h2-8,22,24H,9H2,1H3,(H2,17,18)/q-2. The van der Waals surface area contributed by atoms with E-state index in [1.54, 1.807) is 6.07 Å². The normalized spacial score (nSPS) is 11.2. The molecule has 144 valence electrons. The fraction of sp³-hybridized carbons (Fsp3) is 0.125. The number of hydrogen-bond donors (Lipinski definition) is 3. The van der Waals surface area contributed by atoms with Gasteiger partial charge in [-0.3, -0.25) is 15.2 Å². The van der Waals surface area contributed by atoms with Crippen molar-refractivity contribution in [2.24, 2.45) is 10.7 Å². The number of ketones is 1. The summed E-state index contributed by atoms with van der Waals surface area (Å²) in [5.74, 6) is -0.300. The molecule has 0 unspecified atom stereocenters. The lowest BCUT2D eigenvalue weighted by atomic mass is 10.1. The molecule has 0 bridgehead atoms. The Hall–Kier alpha value is -2.83. The van der Waals surface area contributed by atoms with Crippen molar-refractivity contribution < 1.29 is 19.9 Å². The van der Waals surface area contributed by atoms with Crippen LogP contribution in [0.1, 0.15) is 10.4 Å². The SMILES string of the molecule is COc1ccc(C(=O)CSC(N)=Nc2cccc(N([O-])O)c2)cc1N([O-])O. The molecular weight excluding hydrogens is 376 g/mol. The van der Waals surface area contributed by atoms with Gasteiger partial charge in [-0.25, -0.2) is 4.99 Å². The highest BCUT2D eigenvalue weighted by atomic mass is 32.2. The number of hydrogen-bond acceptors (Lipinski definition) is 10. The number of carbonyl (C=O) groups excluding carboxylic acids is 1. The molecule has 4 N–H and O–H groups in total. The number of anilines is 2. The van der Waals surface area contributed by atoms with Gasteiger partial charge in [0.1, 0.15) is 5.75 Å². The molecule has 0 heterocycles. The van der Waals surface area contributed by atoms with Gasteiger partial charge in [0.15, 0.2) is 11.0 Å². The summed E-state index contributed by atoms with van der Waals surface area (Å²) >= 11 is 0.951. The van der Waals surface area contributed by atoms with E-state index in [0.717, 1.165) is 11.8 Å². The van der Waals surface area contributed by atoms with E-state index in [1.165, 1.54) is 43.5 Å². The molecule has 0 aliphatic carbocycles. The first-order chi connectivity index (χ1) is 12.8. The molecule has 0 saturated heterocycles. The van der Waals surface area contributed by atoms with E-state index >= 15 is 0 Å². The molecule has 0 fully saturated rings. The van der Waals surface area contributed by atoms with Crippen molar-refractivity contribution in [1.29, 1.82) is 0 Å². The summed E-state index contributed by atoms with van der Waals surface area (Å²) in [4.78, 5) is 16.3. The van der Waals surface area contributed by atoms with E-state index in [-0.39, 0.29) is 49.8 Å². The van der Waals surface area contributed by atoms with E-state index in [0.29, 0.717) is 5.69 Å².